The second-order valence-electron chi connectivity index (χ2n) is 1.64. The monoisotopic (exact) mass is 100 g/mol. The second kappa shape index (κ2) is 1.46. The van der Waals surface area contributed by atoms with Gasteiger partial charge in [0.25, 0.3) is 0 Å². The van der Waals surface area contributed by atoms with Crippen LogP contribution < -0.4 is 5.84 Å². The Labute approximate surface area is 42.0 Å². The lowest BCUT2D eigenvalue weighted by atomic mass is 10.4. The number of nitrogens with zero attached hydrogens (tertiary/aromatic N) is 3. The van der Waals surface area contributed by atoms with Gasteiger partial charge in [-0.2, -0.15) is 5.11 Å². The molecular formula is C3H8N4. The normalized spacial score (nSPS) is 29.4. The Morgan fingerprint density at radius 1 is 1.86 bits per heavy atom. The van der Waals surface area contributed by atoms with Gasteiger partial charge in [0.1, 0.15) is 0 Å². The SMILES string of the molecule is CC1CN=NN1N. The number of nitrogens with two attached hydrogens (primary N) is 1. The van der Waals surface area contributed by atoms with E-state index >= 15 is 0 Å². The standard InChI is InChI=1S/C3H8N4/c1-3-2-5-6-7(3)4/h3H,2,4H2,1H3. The quantitative estimate of drug-likeness (QED) is 0.433. The highest BCUT2D eigenvalue weighted by molar-refractivity contribution is 4.63. The van der Waals surface area contributed by atoms with Crippen molar-refractivity contribution in [3.05, 3.63) is 0 Å². The molecule has 0 fully saturated rings. The van der Waals surface area contributed by atoms with Gasteiger partial charge in [-0.3, -0.25) is 0 Å². The van der Waals surface area contributed by atoms with E-state index < -0.39 is 0 Å². The minimum absolute atomic E-state index is 0.292. The first-order chi connectivity index (χ1) is 3.30. The minimum Gasteiger partial charge on any atom is -0.230 e. The largest absolute Gasteiger partial charge is 0.230 e. The molecule has 0 aromatic carbocycles. The Balaban J connectivity index is 2.45. The highest BCUT2D eigenvalue weighted by Crippen LogP contribution is 2.01. The third-order valence-electron chi connectivity index (χ3n) is 0.964. The van der Waals surface area contributed by atoms with Crippen molar-refractivity contribution in [2.75, 3.05) is 6.54 Å². The van der Waals surface area contributed by atoms with Crippen molar-refractivity contribution < 1.29 is 0 Å². The van der Waals surface area contributed by atoms with E-state index in [4.69, 9.17) is 5.84 Å². The van der Waals surface area contributed by atoms with Gasteiger partial charge < -0.3 is 0 Å². The molecule has 0 spiro atoms. The smallest absolute Gasteiger partial charge is 0.0855 e. The molecule has 0 amide bonds. The highest BCUT2D eigenvalue weighted by atomic mass is 15.7. The fourth-order valence-corrected chi connectivity index (χ4v) is 0.400. The van der Waals surface area contributed by atoms with Gasteiger partial charge in [0.2, 0.25) is 0 Å². The summed E-state index contributed by atoms with van der Waals surface area (Å²) < 4.78 is 0. The zero-order chi connectivity index (χ0) is 5.28. The predicted molar refractivity (Wildman–Crippen MR) is 25.2 cm³/mol. The van der Waals surface area contributed by atoms with Gasteiger partial charge in [0.05, 0.1) is 12.6 Å². The molecule has 4 nitrogen and oxygen atoms in total. The van der Waals surface area contributed by atoms with Gasteiger partial charge in [0.15, 0.2) is 0 Å². The summed E-state index contributed by atoms with van der Waals surface area (Å²) in [6, 6.07) is 0.292. The van der Waals surface area contributed by atoms with Gasteiger partial charge in [-0.15, -0.1) is 0 Å². The lowest BCUT2D eigenvalue weighted by Crippen LogP contribution is -2.31. The molecule has 1 atom stereocenters. The highest BCUT2D eigenvalue weighted by Gasteiger charge is 2.11. The molecule has 1 unspecified atom stereocenters. The van der Waals surface area contributed by atoms with Crippen molar-refractivity contribution >= 4 is 0 Å². The summed E-state index contributed by atoms with van der Waals surface area (Å²) in [6.45, 7) is 2.70. The topological polar surface area (TPSA) is 54.0 Å². The number of hydrogen-bond donors (Lipinski definition) is 1. The third kappa shape index (κ3) is 0.691. The van der Waals surface area contributed by atoms with Crippen LogP contribution in [0.1, 0.15) is 6.92 Å². The molecular weight excluding hydrogens is 92.1 g/mol. The second-order valence-corrected chi connectivity index (χ2v) is 1.64. The maximum absolute atomic E-state index is 5.25. The summed E-state index contributed by atoms with van der Waals surface area (Å²) >= 11 is 0. The molecule has 1 aliphatic rings. The molecule has 0 aromatic heterocycles. The molecule has 4 heteroatoms. The number of rotatable bonds is 0. The van der Waals surface area contributed by atoms with Crippen LogP contribution in [-0.4, -0.2) is 17.7 Å². The molecule has 0 saturated carbocycles. The van der Waals surface area contributed by atoms with Crippen LogP contribution >= 0.6 is 0 Å². The maximum Gasteiger partial charge on any atom is 0.0855 e. The first-order valence-corrected chi connectivity index (χ1v) is 2.22. The fraction of sp³-hybridized carbons (Fsp3) is 1.00. The van der Waals surface area contributed by atoms with E-state index in [1.54, 1.807) is 0 Å². The zero-order valence-electron chi connectivity index (χ0n) is 4.20. The van der Waals surface area contributed by atoms with Crippen molar-refractivity contribution in [2.45, 2.75) is 13.0 Å². The van der Waals surface area contributed by atoms with E-state index in [1.807, 2.05) is 6.92 Å². The average Bonchev–Trinajstić information content (AvgIpc) is 1.91. The van der Waals surface area contributed by atoms with Crippen molar-refractivity contribution in [3.8, 4) is 0 Å². The summed E-state index contributed by atoms with van der Waals surface area (Å²) in [5, 5.41) is 8.59. The summed E-state index contributed by atoms with van der Waals surface area (Å²) in [7, 11) is 0. The van der Waals surface area contributed by atoms with Gasteiger partial charge in [-0.1, -0.05) is 5.22 Å². The van der Waals surface area contributed by atoms with Crippen LogP contribution in [0.3, 0.4) is 0 Å². The molecule has 0 saturated heterocycles. The van der Waals surface area contributed by atoms with Crippen LogP contribution in [-0.2, 0) is 0 Å². The molecule has 7 heavy (non-hydrogen) atoms. The van der Waals surface area contributed by atoms with Gasteiger partial charge in [-0.25, -0.2) is 11.0 Å². The lowest BCUT2D eigenvalue weighted by Gasteiger charge is -2.08. The lowest BCUT2D eigenvalue weighted by molar-refractivity contribution is 0.260. The van der Waals surface area contributed by atoms with Crippen LogP contribution in [0.4, 0.5) is 0 Å². The molecule has 0 radical (unpaired) electrons. The molecule has 40 valence electrons. The number of hydrogen-bond acceptors (Lipinski definition) is 4. The van der Waals surface area contributed by atoms with Crippen molar-refractivity contribution in [3.63, 3.8) is 0 Å². The van der Waals surface area contributed by atoms with Crippen molar-refractivity contribution in [2.24, 2.45) is 16.2 Å². The molecule has 0 aromatic rings. The Hall–Kier alpha value is -0.640. The maximum atomic E-state index is 5.25. The van der Waals surface area contributed by atoms with Gasteiger partial charge in [-0.05, 0) is 6.92 Å². The molecule has 0 aliphatic carbocycles. The predicted octanol–water partition coefficient (Wildman–Crippen LogP) is -0.0686. The van der Waals surface area contributed by atoms with Crippen LogP contribution in [0.15, 0.2) is 10.3 Å². The molecule has 1 heterocycles. The third-order valence-corrected chi connectivity index (χ3v) is 0.964. The minimum atomic E-state index is 0.292. The molecule has 1 rings (SSSR count). The first-order valence-electron chi connectivity index (χ1n) is 2.22. The van der Waals surface area contributed by atoms with Gasteiger partial charge in [0, 0.05) is 0 Å². The van der Waals surface area contributed by atoms with Crippen LogP contribution in [0, 0.1) is 0 Å². The van der Waals surface area contributed by atoms with Crippen LogP contribution in [0.5, 0.6) is 0 Å². The summed E-state index contributed by atoms with van der Waals surface area (Å²) in [5.41, 5.74) is 0. The molecule has 1 aliphatic heterocycles. The van der Waals surface area contributed by atoms with E-state index in [-0.39, 0.29) is 0 Å². The first kappa shape index (κ1) is 4.52. The summed E-state index contributed by atoms with van der Waals surface area (Å²) in [6.07, 6.45) is 0. The fourth-order valence-electron chi connectivity index (χ4n) is 0.400. The van der Waals surface area contributed by atoms with E-state index in [1.165, 1.54) is 5.12 Å². The van der Waals surface area contributed by atoms with Gasteiger partial charge >= 0.3 is 0 Å². The Bertz CT molecular complexity index is 88.9. The Morgan fingerprint density at radius 3 is 2.71 bits per heavy atom. The Morgan fingerprint density at radius 2 is 2.57 bits per heavy atom. The van der Waals surface area contributed by atoms with E-state index in [9.17, 15) is 0 Å². The molecule has 0 bridgehead atoms. The van der Waals surface area contributed by atoms with E-state index in [0.29, 0.717) is 6.04 Å². The average molecular weight is 100 g/mol. The van der Waals surface area contributed by atoms with Crippen molar-refractivity contribution in [1.29, 1.82) is 0 Å². The summed E-state index contributed by atoms with van der Waals surface area (Å²) in [4.78, 5) is 0. The zero-order valence-corrected chi connectivity index (χ0v) is 4.20. The van der Waals surface area contributed by atoms with E-state index in [2.05, 4.69) is 10.3 Å². The summed E-state index contributed by atoms with van der Waals surface area (Å²) in [5.74, 6) is 5.25. The van der Waals surface area contributed by atoms with Crippen molar-refractivity contribution in [1.82, 2.24) is 5.12 Å². The Kier molecular flexibility index (Phi) is 0.941. The number of hydrazine groups is 1. The van der Waals surface area contributed by atoms with E-state index in [0.717, 1.165) is 6.54 Å². The van der Waals surface area contributed by atoms with Crippen LogP contribution in [0.25, 0.3) is 0 Å². The molecule has 2 N–H and O–H groups in total. The van der Waals surface area contributed by atoms with Crippen LogP contribution in [0.2, 0.25) is 0 Å².